The quantitative estimate of drug-likeness (QED) is 0.281. The van der Waals surface area contributed by atoms with E-state index in [0.29, 0.717) is 17.4 Å². The van der Waals surface area contributed by atoms with Crippen LogP contribution < -0.4 is 10.6 Å². The lowest BCUT2D eigenvalue weighted by atomic mass is 10.1. The molecule has 4 aromatic heterocycles. The maximum Gasteiger partial charge on any atom is 0.459 e. The molecule has 0 aliphatic rings. The number of fused-ring (bicyclic) bond motifs is 1. The second-order valence-corrected chi connectivity index (χ2v) is 9.11. The fraction of sp³-hybridized carbons (Fsp3) is 0.200. The van der Waals surface area contributed by atoms with Crippen LogP contribution in [0.15, 0.2) is 48.8 Å². The Morgan fingerprint density at radius 1 is 0.857 bits per heavy atom. The van der Waals surface area contributed by atoms with Gasteiger partial charge in [-0.2, -0.15) is 37.2 Å². The van der Waals surface area contributed by atoms with E-state index in [-0.39, 0.29) is 27.2 Å². The van der Waals surface area contributed by atoms with E-state index in [2.05, 4.69) is 30.9 Å². The lowest BCUT2D eigenvalue weighted by Crippen LogP contribution is -2.36. The average Bonchev–Trinajstić information content (AvgIpc) is 3.61. The van der Waals surface area contributed by atoms with Crippen molar-refractivity contribution in [1.29, 1.82) is 0 Å². The van der Waals surface area contributed by atoms with Gasteiger partial charge in [0.1, 0.15) is 17.2 Å². The van der Waals surface area contributed by atoms with Crippen molar-refractivity contribution >= 4 is 28.8 Å². The summed E-state index contributed by atoms with van der Waals surface area (Å²) < 4.78 is 85.7. The first kappa shape index (κ1) is 28.3. The van der Waals surface area contributed by atoms with Gasteiger partial charge in [0.2, 0.25) is 0 Å². The lowest BCUT2D eigenvalue weighted by Gasteiger charge is -2.21. The zero-order valence-electron chi connectivity index (χ0n) is 21.8. The second-order valence-electron chi connectivity index (χ2n) is 9.11. The highest BCUT2D eigenvalue weighted by Crippen LogP contribution is 2.44. The van der Waals surface area contributed by atoms with Gasteiger partial charge in [0.25, 0.3) is 11.8 Å². The molecule has 5 aromatic rings. The molecule has 4 heterocycles. The number of carbonyl (C=O) groups excluding carboxylic acids is 2. The molecule has 0 spiro atoms. The number of nitrogens with one attached hydrogen (secondary N) is 2. The molecule has 0 fully saturated rings. The number of hydrogen-bond donors (Lipinski definition) is 2. The number of nitrogens with zero attached hydrogens (tertiary/aromatic N) is 7. The minimum absolute atomic E-state index is 0.0418. The van der Waals surface area contributed by atoms with Gasteiger partial charge in [0, 0.05) is 25.7 Å². The topological polar surface area (TPSA) is 124 Å². The number of aryl methyl sites for hydroxylation is 2. The molecule has 0 saturated carbocycles. The van der Waals surface area contributed by atoms with Gasteiger partial charge in [-0.15, -0.1) is 0 Å². The van der Waals surface area contributed by atoms with Crippen LogP contribution >= 0.6 is 0 Å². The van der Waals surface area contributed by atoms with Crippen LogP contribution in [0, 0.1) is 12.7 Å². The van der Waals surface area contributed by atoms with E-state index in [0.717, 1.165) is 36.5 Å². The summed E-state index contributed by atoms with van der Waals surface area (Å²) in [6, 6.07) is 5.62. The second kappa shape index (κ2) is 10.0. The summed E-state index contributed by atoms with van der Waals surface area (Å²) in [5.74, 6) is -7.79. The number of benzene rings is 1. The van der Waals surface area contributed by atoms with Crippen molar-refractivity contribution < 1.29 is 35.9 Å². The van der Waals surface area contributed by atoms with Gasteiger partial charge in [-0.1, -0.05) is 0 Å². The molecule has 218 valence electrons. The minimum atomic E-state index is -6.01. The number of aromatic nitrogens is 7. The molecular formula is C25H19F6N9O2. The van der Waals surface area contributed by atoms with Crippen LogP contribution in [0.4, 0.5) is 37.7 Å². The largest absolute Gasteiger partial charge is 0.459 e. The SMILES string of the molecule is Cc1c(NC(=O)c2c(NC(=O)c3cc4nc(-c5ccc(F)cc5)cc(C(F)(F)C(F)(F)F)n4n3)cnn2C)cnn1C. The predicted octanol–water partition coefficient (Wildman–Crippen LogP) is 4.47. The zero-order chi connectivity index (χ0) is 30.6. The van der Waals surface area contributed by atoms with Crippen molar-refractivity contribution in [3.63, 3.8) is 0 Å². The van der Waals surface area contributed by atoms with Gasteiger partial charge >= 0.3 is 12.1 Å². The molecule has 0 bridgehead atoms. The van der Waals surface area contributed by atoms with Crippen LogP contribution in [0.2, 0.25) is 0 Å². The van der Waals surface area contributed by atoms with Gasteiger partial charge in [-0.3, -0.25) is 19.0 Å². The number of alkyl halides is 5. The molecule has 2 N–H and O–H groups in total. The molecule has 11 nitrogen and oxygen atoms in total. The third-order valence-corrected chi connectivity index (χ3v) is 6.36. The van der Waals surface area contributed by atoms with Crippen LogP contribution in [0.5, 0.6) is 0 Å². The van der Waals surface area contributed by atoms with Gasteiger partial charge in [-0.25, -0.2) is 13.9 Å². The van der Waals surface area contributed by atoms with Crippen LogP contribution in [-0.2, 0) is 20.0 Å². The van der Waals surface area contributed by atoms with E-state index in [1.807, 2.05) is 0 Å². The Labute approximate surface area is 231 Å². The zero-order valence-corrected chi connectivity index (χ0v) is 21.8. The average molecular weight is 591 g/mol. The van der Waals surface area contributed by atoms with Crippen molar-refractivity contribution in [3.05, 3.63) is 77.4 Å². The predicted molar refractivity (Wildman–Crippen MR) is 135 cm³/mol. The molecule has 17 heteroatoms. The number of carbonyl (C=O) groups is 2. The third-order valence-electron chi connectivity index (χ3n) is 6.36. The van der Waals surface area contributed by atoms with E-state index < -0.39 is 46.8 Å². The highest BCUT2D eigenvalue weighted by molar-refractivity contribution is 6.11. The molecular weight excluding hydrogens is 572 g/mol. The molecule has 0 radical (unpaired) electrons. The number of rotatable bonds is 6. The normalized spacial score (nSPS) is 12.1. The highest BCUT2D eigenvalue weighted by Gasteiger charge is 2.60. The summed E-state index contributed by atoms with van der Waals surface area (Å²) in [6.45, 7) is 1.71. The van der Waals surface area contributed by atoms with Crippen molar-refractivity contribution in [3.8, 4) is 11.3 Å². The van der Waals surface area contributed by atoms with Gasteiger partial charge < -0.3 is 10.6 Å². The Bertz CT molecular complexity index is 1840. The Morgan fingerprint density at radius 2 is 1.48 bits per heavy atom. The molecule has 2 amide bonds. The molecule has 0 atom stereocenters. The van der Waals surface area contributed by atoms with Crippen molar-refractivity contribution in [2.75, 3.05) is 10.6 Å². The number of hydrogen-bond acceptors (Lipinski definition) is 6. The third kappa shape index (κ3) is 4.92. The number of amides is 2. The summed E-state index contributed by atoms with van der Waals surface area (Å²) in [5.41, 5.74) is -2.19. The highest BCUT2D eigenvalue weighted by atomic mass is 19.4. The van der Waals surface area contributed by atoms with E-state index in [9.17, 15) is 35.9 Å². The van der Waals surface area contributed by atoms with E-state index >= 15 is 0 Å². The summed E-state index contributed by atoms with van der Waals surface area (Å²) in [5, 5.41) is 16.7. The van der Waals surface area contributed by atoms with Crippen LogP contribution in [0.1, 0.15) is 32.4 Å². The van der Waals surface area contributed by atoms with Crippen LogP contribution in [0.3, 0.4) is 0 Å². The smallest absolute Gasteiger partial charge is 0.318 e. The number of halogens is 6. The summed E-state index contributed by atoms with van der Waals surface area (Å²) in [7, 11) is 3.10. The van der Waals surface area contributed by atoms with Crippen molar-refractivity contribution in [2.45, 2.75) is 19.0 Å². The van der Waals surface area contributed by atoms with Crippen LogP contribution in [0.25, 0.3) is 16.9 Å². The standard InChI is InChI=1S/C25H19F6N9O2/c1-12-17(10-32-38(12)2)35-23(42)21-18(11-33-39(21)3)36-22(41)16-9-20-34-15(13-4-6-14(26)7-5-13)8-19(40(20)37-16)24(27,28)25(29,30)31/h4-11H,1-3H3,(H,35,42)(H,36,41). The Hall–Kier alpha value is -5.22. The van der Waals surface area contributed by atoms with E-state index in [1.54, 1.807) is 14.0 Å². The molecule has 5 rings (SSSR count). The molecule has 42 heavy (non-hydrogen) atoms. The monoisotopic (exact) mass is 591 g/mol. The Kier molecular flexibility index (Phi) is 6.74. The van der Waals surface area contributed by atoms with E-state index in [4.69, 9.17) is 0 Å². The fourth-order valence-electron chi connectivity index (χ4n) is 4.01. The number of anilines is 2. The van der Waals surface area contributed by atoms with Crippen molar-refractivity contribution in [1.82, 2.24) is 34.2 Å². The van der Waals surface area contributed by atoms with E-state index in [1.165, 1.54) is 22.6 Å². The first-order valence-corrected chi connectivity index (χ1v) is 11.9. The maximum atomic E-state index is 14.6. The molecule has 1 aromatic carbocycles. The molecule has 0 unspecified atom stereocenters. The first-order valence-electron chi connectivity index (χ1n) is 11.9. The molecule has 0 aliphatic carbocycles. The molecule has 0 aliphatic heterocycles. The van der Waals surface area contributed by atoms with Crippen LogP contribution in [-0.4, -0.2) is 52.1 Å². The Balaban J connectivity index is 1.52. The summed E-state index contributed by atoms with van der Waals surface area (Å²) >= 11 is 0. The fourth-order valence-corrected chi connectivity index (χ4v) is 4.01. The first-order chi connectivity index (χ1) is 19.7. The molecule has 0 saturated heterocycles. The van der Waals surface area contributed by atoms with Crippen molar-refractivity contribution in [2.24, 2.45) is 14.1 Å². The maximum absolute atomic E-state index is 14.6. The lowest BCUT2D eigenvalue weighted by molar-refractivity contribution is -0.291. The summed E-state index contributed by atoms with van der Waals surface area (Å²) in [4.78, 5) is 30.1. The van der Waals surface area contributed by atoms with Gasteiger partial charge in [0.15, 0.2) is 11.3 Å². The van der Waals surface area contributed by atoms with Gasteiger partial charge in [0.05, 0.1) is 35.2 Å². The summed E-state index contributed by atoms with van der Waals surface area (Å²) in [6.07, 6.45) is -3.45. The van der Waals surface area contributed by atoms with Gasteiger partial charge in [-0.05, 0) is 37.3 Å². The minimum Gasteiger partial charge on any atom is -0.318 e. The Morgan fingerprint density at radius 3 is 2.10 bits per heavy atom.